The molecule has 0 aliphatic rings. The molecule has 12 aromatic carbocycles. The first kappa shape index (κ1) is 42.4. The molecule has 0 bridgehead atoms. The number of hydrogen-bond acceptors (Lipinski definition) is 3. The summed E-state index contributed by atoms with van der Waals surface area (Å²) in [7, 11) is 0. The first-order chi connectivity index (χ1) is 38.2. The Bertz CT molecular complexity index is 5270. The zero-order chi connectivity index (χ0) is 50.3. The molecular weight excluding hydrogens is 957 g/mol. The molecule has 77 heavy (non-hydrogen) atoms. The lowest BCUT2D eigenvalue weighted by Crippen LogP contribution is -1.94. The molecule has 0 spiro atoms. The maximum absolute atomic E-state index is 7.19. The fourth-order valence-corrected chi connectivity index (χ4v) is 13.8. The van der Waals surface area contributed by atoms with E-state index in [1.165, 1.54) is 75.0 Å². The van der Waals surface area contributed by atoms with Crippen molar-refractivity contribution in [1.29, 1.82) is 0 Å². The molecule has 0 atom stereocenters. The van der Waals surface area contributed by atoms with Crippen LogP contribution in [-0.4, -0.2) is 9.13 Å². The smallest absolute Gasteiger partial charge is 0.144 e. The van der Waals surface area contributed by atoms with E-state index in [1.54, 1.807) is 0 Å². The molecule has 0 N–H and O–H groups in total. The number of furan rings is 2. The third-order valence-electron chi connectivity index (χ3n) is 16.1. The van der Waals surface area contributed by atoms with Crippen LogP contribution >= 0.6 is 11.3 Å². The van der Waals surface area contributed by atoms with Crippen LogP contribution in [0.25, 0.3) is 164 Å². The average Bonchev–Trinajstić information content (AvgIpc) is 4.47. The van der Waals surface area contributed by atoms with E-state index in [0.717, 1.165) is 88.5 Å². The van der Waals surface area contributed by atoms with Crippen molar-refractivity contribution in [3.63, 3.8) is 0 Å². The molecule has 358 valence electrons. The van der Waals surface area contributed by atoms with Crippen molar-refractivity contribution in [2.75, 3.05) is 0 Å². The molecule has 5 heteroatoms. The van der Waals surface area contributed by atoms with E-state index in [1.807, 2.05) is 17.4 Å². The predicted molar refractivity (Wildman–Crippen MR) is 324 cm³/mol. The first-order valence-corrected chi connectivity index (χ1v) is 27.0. The van der Waals surface area contributed by atoms with Crippen molar-refractivity contribution in [2.24, 2.45) is 0 Å². The minimum Gasteiger partial charge on any atom is -0.455 e. The maximum Gasteiger partial charge on any atom is 0.144 e. The predicted octanol–water partition coefficient (Wildman–Crippen LogP) is 20.7. The maximum atomic E-state index is 7.19. The van der Waals surface area contributed by atoms with Gasteiger partial charge in [-0.1, -0.05) is 158 Å². The average molecular weight is 999 g/mol. The highest BCUT2D eigenvalue weighted by atomic mass is 32.1. The Labute approximate surface area is 445 Å². The summed E-state index contributed by atoms with van der Waals surface area (Å²) < 4.78 is 21.6. The number of rotatable bonds is 6. The number of aromatic nitrogens is 2. The first-order valence-electron chi connectivity index (χ1n) is 26.2. The lowest BCUT2D eigenvalue weighted by molar-refractivity contribution is 0.665. The van der Waals surface area contributed by atoms with Gasteiger partial charge in [0, 0.05) is 85.8 Å². The largest absolute Gasteiger partial charge is 0.455 e. The van der Waals surface area contributed by atoms with E-state index >= 15 is 0 Å². The van der Waals surface area contributed by atoms with E-state index in [2.05, 4.69) is 258 Å². The van der Waals surface area contributed by atoms with E-state index in [9.17, 15) is 0 Å². The van der Waals surface area contributed by atoms with Crippen LogP contribution in [-0.2, 0) is 0 Å². The van der Waals surface area contributed by atoms with Gasteiger partial charge < -0.3 is 18.0 Å². The number of thiophene rings is 1. The van der Waals surface area contributed by atoms with E-state index < -0.39 is 0 Å². The highest BCUT2D eigenvalue weighted by Crippen LogP contribution is 2.51. The van der Waals surface area contributed by atoms with Gasteiger partial charge in [0.25, 0.3) is 0 Å². The summed E-state index contributed by atoms with van der Waals surface area (Å²) in [5, 5.41) is 11.6. The Morgan fingerprint density at radius 3 is 1.34 bits per heavy atom. The zero-order valence-corrected chi connectivity index (χ0v) is 42.2. The molecule has 4 nitrogen and oxygen atoms in total. The third-order valence-corrected chi connectivity index (χ3v) is 17.3. The minimum atomic E-state index is 0.820. The topological polar surface area (TPSA) is 36.1 Å². The molecule has 0 aliphatic heterocycles. The van der Waals surface area contributed by atoms with Gasteiger partial charge in [-0.3, -0.25) is 0 Å². The van der Waals surface area contributed by atoms with Crippen molar-refractivity contribution in [3.05, 3.63) is 255 Å². The van der Waals surface area contributed by atoms with Crippen LogP contribution < -0.4 is 0 Å². The van der Waals surface area contributed by atoms with Crippen molar-refractivity contribution >= 4 is 119 Å². The van der Waals surface area contributed by atoms with Gasteiger partial charge in [-0.05, 0) is 130 Å². The molecule has 17 aromatic rings. The molecule has 0 fully saturated rings. The Morgan fingerprint density at radius 1 is 0.260 bits per heavy atom. The molecule has 0 saturated heterocycles. The quantitative estimate of drug-likeness (QED) is 0.166. The van der Waals surface area contributed by atoms with Gasteiger partial charge >= 0.3 is 0 Å². The standard InChI is InChI=1S/C72H42N2O2S/c1-4-16-43(17-5-1)67-69-53-24-11-14-26-63(53)75-71(69)68(44-18-6-2-7-19-44)70-58-42-50(32-36-64(58)76-72(67)70)74-61-34-29-46(45-28-33-60-54(38-45)51-22-10-13-25-59(51)73(60)49-20-8-3-9-21-49)39-55(61)56-40-47(30-35-62(56)74)48-31-37-66-57(41-48)52-23-12-15-27-65(52)77-66/h1-42H. The molecule has 0 amide bonds. The number of hydrogen-bond donors (Lipinski definition) is 0. The molecule has 5 aromatic heterocycles. The second-order valence-electron chi connectivity index (χ2n) is 20.3. The monoisotopic (exact) mass is 998 g/mol. The summed E-state index contributed by atoms with van der Waals surface area (Å²) >= 11 is 1.86. The lowest BCUT2D eigenvalue weighted by atomic mass is 9.90. The van der Waals surface area contributed by atoms with Gasteiger partial charge in [0.1, 0.15) is 22.3 Å². The highest BCUT2D eigenvalue weighted by molar-refractivity contribution is 7.25. The van der Waals surface area contributed by atoms with Crippen molar-refractivity contribution in [1.82, 2.24) is 9.13 Å². The summed E-state index contributed by atoms with van der Waals surface area (Å²) in [5.41, 5.74) is 19.1. The Kier molecular flexibility index (Phi) is 8.97. The number of fused-ring (bicyclic) bond motifs is 15. The van der Waals surface area contributed by atoms with Crippen LogP contribution in [0.4, 0.5) is 0 Å². The molecule has 0 saturated carbocycles. The molecule has 5 heterocycles. The fourth-order valence-electron chi connectivity index (χ4n) is 12.7. The molecule has 17 rings (SSSR count). The van der Waals surface area contributed by atoms with Crippen LogP contribution in [0.5, 0.6) is 0 Å². The third kappa shape index (κ3) is 6.26. The fraction of sp³-hybridized carbons (Fsp3) is 0. The molecular formula is C72H42N2O2S. The van der Waals surface area contributed by atoms with Crippen LogP contribution in [0.15, 0.2) is 264 Å². The summed E-state index contributed by atoms with van der Waals surface area (Å²) in [5.74, 6) is 0. The summed E-state index contributed by atoms with van der Waals surface area (Å²) in [6, 6.07) is 92.6. The van der Waals surface area contributed by atoms with E-state index in [-0.39, 0.29) is 0 Å². The second-order valence-corrected chi connectivity index (χ2v) is 21.4. The van der Waals surface area contributed by atoms with Crippen LogP contribution in [0.2, 0.25) is 0 Å². The minimum absolute atomic E-state index is 0.820. The van der Waals surface area contributed by atoms with Gasteiger partial charge in [-0.15, -0.1) is 11.3 Å². The van der Waals surface area contributed by atoms with Gasteiger partial charge in [0.2, 0.25) is 0 Å². The molecule has 0 aliphatic carbocycles. The molecule has 0 radical (unpaired) electrons. The SMILES string of the molecule is c1ccc(-c2c3oc4ccc(-n5c6ccc(-c7ccc8sc9ccccc9c8c7)cc6c6cc(-c7ccc8c(c7)c7ccccc7n8-c7ccccc7)ccc65)cc4c3c(-c3ccccc3)c3oc4ccccc4c23)cc1. The Hall–Kier alpha value is -9.94. The zero-order valence-electron chi connectivity index (χ0n) is 41.4. The summed E-state index contributed by atoms with van der Waals surface area (Å²) in [6.45, 7) is 0. The number of benzene rings is 12. The van der Waals surface area contributed by atoms with Gasteiger partial charge in [0.15, 0.2) is 0 Å². The number of para-hydroxylation sites is 3. The Morgan fingerprint density at radius 2 is 0.701 bits per heavy atom. The number of nitrogens with zero attached hydrogens (tertiary/aromatic N) is 2. The lowest BCUT2D eigenvalue weighted by Gasteiger charge is -2.12. The van der Waals surface area contributed by atoms with Gasteiger partial charge in [0.05, 0.1) is 22.1 Å². The van der Waals surface area contributed by atoms with Crippen LogP contribution in [0.3, 0.4) is 0 Å². The van der Waals surface area contributed by atoms with E-state index in [0.29, 0.717) is 0 Å². The van der Waals surface area contributed by atoms with Crippen LogP contribution in [0.1, 0.15) is 0 Å². The van der Waals surface area contributed by atoms with Crippen molar-refractivity contribution in [2.45, 2.75) is 0 Å². The van der Waals surface area contributed by atoms with Gasteiger partial charge in [-0.2, -0.15) is 0 Å². The second kappa shape index (κ2) is 16.3. The van der Waals surface area contributed by atoms with E-state index in [4.69, 9.17) is 8.83 Å². The van der Waals surface area contributed by atoms with Gasteiger partial charge in [-0.25, -0.2) is 0 Å². The normalized spacial score (nSPS) is 12.2. The van der Waals surface area contributed by atoms with Crippen molar-refractivity contribution < 1.29 is 8.83 Å². The Balaban J connectivity index is 0.922. The van der Waals surface area contributed by atoms with Crippen molar-refractivity contribution in [3.8, 4) is 55.9 Å². The summed E-state index contributed by atoms with van der Waals surface area (Å²) in [4.78, 5) is 0. The molecule has 0 unspecified atom stereocenters. The highest BCUT2D eigenvalue weighted by Gasteiger charge is 2.27. The van der Waals surface area contributed by atoms with Crippen LogP contribution in [0, 0.1) is 0 Å². The summed E-state index contributed by atoms with van der Waals surface area (Å²) in [6.07, 6.45) is 0.